The number of nitrogen functional groups attached to an aromatic ring is 1. The predicted molar refractivity (Wildman–Crippen MR) is 83.9 cm³/mol. The lowest BCUT2D eigenvalue weighted by Gasteiger charge is -2.14. The summed E-state index contributed by atoms with van der Waals surface area (Å²) in [5.74, 6) is 0.477. The van der Waals surface area contributed by atoms with Crippen molar-refractivity contribution < 1.29 is 4.98 Å². The number of nitrogens with two attached hydrogens (primary N) is 1. The molecule has 1 aromatic heterocycles. The fraction of sp³-hybridized carbons (Fsp3) is 0.294. The van der Waals surface area contributed by atoms with Crippen molar-refractivity contribution >= 4 is 11.5 Å². The molecule has 3 rings (SSSR count). The van der Waals surface area contributed by atoms with E-state index in [1.165, 1.54) is 11.3 Å². The van der Waals surface area contributed by atoms with E-state index in [9.17, 15) is 5.26 Å². The van der Waals surface area contributed by atoms with Crippen molar-refractivity contribution in [1.29, 1.82) is 5.26 Å². The third-order valence-corrected chi connectivity index (χ3v) is 4.11. The van der Waals surface area contributed by atoms with Crippen molar-refractivity contribution in [1.82, 2.24) is 0 Å². The highest BCUT2D eigenvalue weighted by molar-refractivity contribution is 5.79. The van der Waals surface area contributed by atoms with Crippen LogP contribution in [0.2, 0.25) is 0 Å². The summed E-state index contributed by atoms with van der Waals surface area (Å²) in [6.07, 6.45) is 3.13. The molecule has 4 nitrogen and oxygen atoms in total. The van der Waals surface area contributed by atoms with E-state index in [-0.39, 0.29) is 0 Å². The predicted octanol–water partition coefficient (Wildman–Crippen LogP) is 2.18. The molecule has 2 aromatic rings. The first-order chi connectivity index (χ1) is 10.1. The fourth-order valence-corrected chi connectivity index (χ4v) is 3.03. The van der Waals surface area contributed by atoms with E-state index < -0.39 is 0 Å². The molecule has 0 amide bonds. The summed E-state index contributed by atoms with van der Waals surface area (Å²) < 4.78 is 0. The monoisotopic (exact) mass is 279 g/mol. The number of nitrogens with zero attached hydrogens (tertiary/aromatic N) is 2. The Bertz CT molecular complexity index is 723. The molecule has 21 heavy (non-hydrogen) atoms. The minimum absolute atomic E-state index is 0.477. The minimum atomic E-state index is 0.477. The summed E-state index contributed by atoms with van der Waals surface area (Å²) in [5.41, 5.74) is 12.2. The van der Waals surface area contributed by atoms with Gasteiger partial charge in [0.25, 0.3) is 5.82 Å². The van der Waals surface area contributed by atoms with E-state index >= 15 is 0 Å². The smallest absolute Gasteiger partial charge is 0.289 e. The first-order valence-corrected chi connectivity index (χ1v) is 7.16. The topological polar surface area (TPSA) is 67.2 Å². The molecule has 0 saturated carbocycles. The zero-order valence-electron chi connectivity index (χ0n) is 12.4. The van der Waals surface area contributed by atoms with Gasteiger partial charge in [0.1, 0.15) is 17.3 Å². The number of rotatable bonds is 2. The zero-order chi connectivity index (χ0) is 15.0. The molecule has 1 aliphatic carbocycles. The maximum absolute atomic E-state index is 9.48. The highest BCUT2D eigenvalue weighted by Crippen LogP contribution is 2.35. The van der Waals surface area contributed by atoms with Crippen molar-refractivity contribution in [2.75, 3.05) is 24.7 Å². The largest absolute Gasteiger partial charge is 0.378 e. The van der Waals surface area contributed by atoms with Crippen molar-refractivity contribution in [2.45, 2.75) is 19.3 Å². The molecule has 0 unspecified atom stereocenters. The van der Waals surface area contributed by atoms with E-state index in [1.807, 2.05) is 14.1 Å². The van der Waals surface area contributed by atoms with Gasteiger partial charge in [-0.3, -0.25) is 5.73 Å². The molecule has 0 saturated heterocycles. The lowest BCUT2D eigenvalue weighted by atomic mass is 9.94. The van der Waals surface area contributed by atoms with Crippen LogP contribution in [-0.4, -0.2) is 14.1 Å². The molecular weight excluding hydrogens is 260 g/mol. The Hall–Kier alpha value is -2.54. The number of nitriles is 1. The summed E-state index contributed by atoms with van der Waals surface area (Å²) >= 11 is 0. The first kappa shape index (κ1) is 13.4. The number of benzene rings is 1. The molecule has 4 heteroatoms. The number of fused-ring (bicyclic) bond motifs is 1. The average molecular weight is 279 g/mol. The Kier molecular flexibility index (Phi) is 3.26. The molecule has 1 aromatic carbocycles. The van der Waals surface area contributed by atoms with Crippen LogP contribution in [0.15, 0.2) is 24.3 Å². The zero-order valence-corrected chi connectivity index (χ0v) is 12.4. The molecule has 0 radical (unpaired) electrons. The number of aromatic nitrogens is 1. The number of pyridine rings is 1. The second kappa shape index (κ2) is 5.10. The highest BCUT2D eigenvalue weighted by atomic mass is 15.1. The molecule has 0 atom stereocenters. The van der Waals surface area contributed by atoms with Gasteiger partial charge in [0.2, 0.25) is 0 Å². The Morgan fingerprint density at radius 2 is 1.90 bits per heavy atom. The van der Waals surface area contributed by atoms with Crippen LogP contribution in [0.5, 0.6) is 0 Å². The van der Waals surface area contributed by atoms with Crippen LogP contribution >= 0.6 is 0 Å². The van der Waals surface area contributed by atoms with Crippen LogP contribution in [0.25, 0.3) is 11.1 Å². The molecule has 1 heterocycles. The van der Waals surface area contributed by atoms with E-state index in [1.54, 1.807) is 0 Å². The van der Waals surface area contributed by atoms with Gasteiger partial charge in [-0.15, -0.1) is 0 Å². The molecule has 0 spiro atoms. The number of H-pyrrole nitrogens is 1. The molecule has 1 aliphatic rings. The third kappa shape index (κ3) is 2.21. The maximum Gasteiger partial charge on any atom is 0.289 e. The number of aromatic amines is 1. The van der Waals surface area contributed by atoms with Gasteiger partial charge in [-0.25, -0.2) is 4.98 Å². The standard InChI is InChI=1S/C17H18N4/c1-21(2)12-8-6-11(7-9-12)16-13-4-3-5-15(13)20-17(19)14(16)10-18/h6-9H,3-5H2,1-2H3,(H2,19,20)/p+1. The van der Waals surface area contributed by atoms with Crippen molar-refractivity contribution in [2.24, 2.45) is 0 Å². The summed E-state index contributed by atoms with van der Waals surface area (Å²) in [7, 11) is 4.03. The van der Waals surface area contributed by atoms with Crippen LogP contribution in [0.1, 0.15) is 23.2 Å². The quantitative estimate of drug-likeness (QED) is 0.916. The first-order valence-electron chi connectivity index (χ1n) is 7.16. The van der Waals surface area contributed by atoms with Crippen LogP contribution in [0.3, 0.4) is 0 Å². The van der Waals surface area contributed by atoms with Gasteiger partial charge in [0, 0.05) is 37.3 Å². The molecule has 106 valence electrons. The van der Waals surface area contributed by atoms with Gasteiger partial charge < -0.3 is 4.90 Å². The SMILES string of the molecule is CN(C)c1ccc(-c2c(C#N)c(N)[nH+]c3c2CCC3)cc1. The normalized spacial score (nSPS) is 12.8. The molecule has 0 fully saturated rings. The van der Waals surface area contributed by atoms with Crippen molar-refractivity contribution in [3.05, 3.63) is 41.1 Å². The van der Waals surface area contributed by atoms with Gasteiger partial charge in [0.15, 0.2) is 0 Å². The lowest BCUT2D eigenvalue weighted by Crippen LogP contribution is -2.19. The van der Waals surface area contributed by atoms with Crippen LogP contribution < -0.4 is 15.6 Å². The molecule has 0 bridgehead atoms. The van der Waals surface area contributed by atoms with Gasteiger partial charge in [0.05, 0.1) is 0 Å². The summed E-state index contributed by atoms with van der Waals surface area (Å²) in [4.78, 5) is 5.26. The number of hydrogen-bond donors (Lipinski definition) is 1. The van der Waals surface area contributed by atoms with Gasteiger partial charge in [-0.05, 0) is 30.5 Å². The Balaban J connectivity index is 2.20. The van der Waals surface area contributed by atoms with E-state index in [0.717, 1.165) is 36.1 Å². The Morgan fingerprint density at radius 3 is 2.52 bits per heavy atom. The number of anilines is 2. The van der Waals surface area contributed by atoms with E-state index in [4.69, 9.17) is 5.73 Å². The minimum Gasteiger partial charge on any atom is -0.378 e. The number of aryl methyl sites for hydroxylation is 1. The maximum atomic E-state index is 9.48. The lowest BCUT2D eigenvalue weighted by molar-refractivity contribution is -0.372. The van der Waals surface area contributed by atoms with Gasteiger partial charge in [-0.2, -0.15) is 5.26 Å². The van der Waals surface area contributed by atoms with Gasteiger partial charge in [-0.1, -0.05) is 12.1 Å². The Morgan fingerprint density at radius 1 is 1.19 bits per heavy atom. The van der Waals surface area contributed by atoms with Crippen LogP contribution in [-0.2, 0) is 12.8 Å². The van der Waals surface area contributed by atoms with Gasteiger partial charge >= 0.3 is 0 Å². The highest BCUT2D eigenvalue weighted by Gasteiger charge is 2.25. The Labute approximate surface area is 124 Å². The van der Waals surface area contributed by atoms with E-state index in [2.05, 4.69) is 40.2 Å². The van der Waals surface area contributed by atoms with E-state index in [0.29, 0.717) is 11.4 Å². The van der Waals surface area contributed by atoms with Crippen LogP contribution in [0.4, 0.5) is 11.5 Å². The average Bonchev–Trinajstić information content (AvgIpc) is 2.93. The summed E-state index contributed by atoms with van der Waals surface area (Å²) in [6, 6.07) is 10.6. The molecule has 0 aliphatic heterocycles. The third-order valence-electron chi connectivity index (χ3n) is 4.11. The fourth-order valence-electron chi connectivity index (χ4n) is 3.03. The molecular formula is C17H19N4+. The van der Waals surface area contributed by atoms with Crippen molar-refractivity contribution in [3.63, 3.8) is 0 Å². The number of nitrogens with one attached hydrogen (secondary N) is 1. The second-order valence-electron chi connectivity index (χ2n) is 5.65. The van der Waals surface area contributed by atoms with Crippen molar-refractivity contribution in [3.8, 4) is 17.2 Å². The molecule has 3 N–H and O–H groups in total. The second-order valence-corrected chi connectivity index (χ2v) is 5.65. The summed E-state index contributed by atoms with van der Waals surface area (Å²) in [6.45, 7) is 0. The number of hydrogen-bond acceptors (Lipinski definition) is 3. The summed E-state index contributed by atoms with van der Waals surface area (Å²) in [5, 5.41) is 9.48. The van der Waals surface area contributed by atoms with Crippen LogP contribution in [0, 0.1) is 11.3 Å².